The third-order valence-electron chi connectivity index (χ3n) is 3.10. The zero-order chi connectivity index (χ0) is 13.0. The minimum absolute atomic E-state index is 0.170. The molecule has 0 radical (unpaired) electrons. The molecule has 1 aliphatic rings. The number of aryl methyl sites for hydroxylation is 1. The molecule has 4 nitrogen and oxygen atoms in total. The Morgan fingerprint density at radius 2 is 2.22 bits per heavy atom. The number of hydrogen-bond acceptors (Lipinski definition) is 3. The average Bonchev–Trinajstić information content (AvgIpc) is 3.13. The van der Waals surface area contributed by atoms with Gasteiger partial charge < -0.3 is 16.4 Å². The summed E-state index contributed by atoms with van der Waals surface area (Å²) >= 11 is 0. The molecule has 0 aliphatic heterocycles. The molecule has 18 heavy (non-hydrogen) atoms. The van der Waals surface area contributed by atoms with Gasteiger partial charge in [-0.15, -0.1) is 0 Å². The maximum absolute atomic E-state index is 11.5. The summed E-state index contributed by atoms with van der Waals surface area (Å²) in [5.41, 5.74) is 8.72. The van der Waals surface area contributed by atoms with E-state index in [1.165, 1.54) is 5.56 Å². The Balaban J connectivity index is 1.67. The molecule has 0 aromatic heterocycles. The highest BCUT2D eigenvalue weighted by atomic mass is 16.1. The Morgan fingerprint density at radius 1 is 1.44 bits per heavy atom. The monoisotopic (exact) mass is 247 g/mol. The topological polar surface area (TPSA) is 67.1 Å². The largest absolute Gasteiger partial charge is 0.399 e. The van der Waals surface area contributed by atoms with Gasteiger partial charge >= 0.3 is 0 Å². The van der Waals surface area contributed by atoms with Crippen molar-refractivity contribution in [1.82, 2.24) is 5.32 Å². The number of hydrogen-bond donors (Lipinski definition) is 3. The van der Waals surface area contributed by atoms with Gasteiger partial charge in [-0.25, -0.2) is 0 Å². The Labute approximate surface area is 108 Å². The van der Waals surface area contributed by atoms with E-state index in [-0.39, 0.29) is 5.91 Å². The molecule has 1 fully saturated rings. The van der Waals surface area contributed by atoms with E-state index in [2.05, 4.69) is 10.6 Å². The lowest BCUT2D eigenvalue weighted by molar-refractivity contribution is -0.121. The zero-order valence-electron chi connectivity index (χ0n) is 10.8. The van der Waals surface area contributed by atoms with Crippen LogP contribution in [0, 0.1) is 6.92 Å². The van der Waals surface area contributed by atoms with Crippen molar-refractivity contribution in [2.24, 2.45) is 0 Å². The fraction of sp³-hybridized carbons (Fsp3) is 0.500. The molecular formula is C14H21N3O. The van der Waals surface area contributed by atoms with Crippen molar-refractivity contribution in [3.63, 3.8) is 0 Å². The maximum atomic E-state index is 11.5. The number of nitrogens with two attached hydrogens (primary N) is 1. The molecule has 1 aromatic rings. The number of carbonyl (C=O) groups is 1. The number of amides is 1. The van der Waals surface area contributed by atoms with Gasteiger partial charge in [0.25, 0.3) is 0 Å². The van der Waals surface area contributed by atoms with Crippen LogP contribution in [0.2, 0.25) is 0 Å². The van der Waals surface area contributed by atoms with Gasteiger partial charge in [0.15, 0.2) is 0 Å². The van der Waals surface area contributed by atoms with Crippen LogP contribution in [0.3, 0.4) is 0 Å². The second-order valence-electron chi connectivity index (χ2n) is 4.95. The van der Waals surface area contributed by atoms with Gasteiger partial charge in [0, 0.05) is 30.4 Å². The smallest absolute Gasteiger partial charge is 0.220 e. The van der Waals surface area contributed by atoms with Crippen molar-refractivity contribution in [2.45, 2.75) is 38.6 Å². The Bertz CT molecular complexity index is 427. The third-order valence-corrected chi connectivity index (χ3v) is 3.10. The summed E-state index contributed by atoms with van der Waals surface area (Å²) in [5, 5.41) is 6.30. The lowest BCUT2D eigenvalue weighted by atomic mass is 10.1. The van der Waals surface area contributed by atoms with Crippen LogP contribution >= 0.6 is 0 Å². The van der Waals surface area contributed by atoms with Crippen LogP contribution in [0.4, 0.5) is 11.4 Å². The number of anilines is 2. The Kier molecular flexibility index (Phi) is 4.07. The standard InChI is InChI=1S/C14H21N3O/c1-10-4-5-11(15)9-13(10)16-8-2-3-14(18)17-12-6-7-12/h4-5,9,12,16H,2-3,6-8,15H2,1H3,(H,17,18). The number of benzene rings is 1. The molecule has 2 rings (SSSR count). The molecule has 1 amide bonds. The van der Waals surface area contributed by atoms with E-state index in [1.807, 2.05) is 25.1 Å². The van der Waals surface area contributed by atoms with Crippen molar-refractivity contribution < 1.29 is 4.79 Å². The van der Waals surface area contributed by atoms with Crippen molar-refractivity contribution in [3.05, 3.63) is 23.8 Å². The fourth-order valence-corrected chi connectivity index (χ4v) is 1.83. The van der Waals surface area contributed by atoms with Crippen molar-refractivity contribution in [2.75, 3.05) is 17.6 Å². The second kappa shape index (κ2) is 5.76. The molecule has 0 bridgehead atoms. The number of rotatable bonds is 6. The predicted molar refractivity (Wildman–Crippen MR) is 74.5 cm³/mol. The van der Waals surface area contributed by atoms with Gasteiger partial charge in [-0.3, -0.25) is 4.79 Å². The molecule has 0 unspecified atom stereocenters. The molecule has 4 N–H and O–H groups in total. The molecule has 4 heteroatoms. The molecular weight excluding hydrogens is 226 g/mol. The number of nitrogen functional groups attached to an aromatic ring is 1. The summed E-state index contributed by atoms with van der Waals surface area (Å²) < 4.78 is 0. The van der Waals surface area contributed by atoms with E-state index in [1.54, 1.807) is 0 Å². The van der Waals surface area contributed by atoms with Gasteiger partial charge in [0.05, 0.1) is 0 Å². The first-order valence-corrected chi connectivity index (χ1v) is 6.54. The van der Waals surface area contributed by atoms with Gasteiger partial charge in [-0.05, 0) is 43.9 Å². The highest BCUT2D eigenvalue weighted by Crippen LogP contribution is 2.19. The molecule has 0 spiro atoms. The quantitative estimate of drug-likeness (QED) is 0.532. The Hall–Kier alpha value is -1.71. The average molecular weight is 247 g/mol. The van der Waals surface area contributed by atoms with E-state index in [0.717, 1.165) is 37.2 Å². The molecule has 1 aromatic carbocycles. The van der Waals surface area contributed by atoms with E-state index in [4.69, 9.17) is 5.73 Å². The summed E-state index contributed by atoms with van der Waals surface area (Å²) in [6, 6.07) is 6.28. The first kappa shape index (κ1) is 12.7. The summed E-state index contributed by atoms with van der Waals surface area (Å²) in [6.45, 7) is 2.84. The maximum Gasteiger partial charge on any atom is 0.220 e. The number of nitrogens with one attached hydrogen (secondary N) is 2. The normalized spacial score (nSPS) is 14.3. The van der Waals surface area contributed by atoms with Crippen LogP contribution in [0.15, 0.2) is 18.2 Å². The minimum atomic E-state index is 0.170. The van der Waals surface area contributed by atoms with Crippen LogP contribution in [0.1, 0.15) is 31.2 Å². The van der Waals surface area contributed by atoms with Gasteiger partial charge in [-0.1, -0.05) is 6.07 Å². The lowest BCUT2D eigenvalue weighted by Crippen LogP contribution is -2.25. The zero-order valence-corrected chi connectivity index (χ0v) is 10.8. The first-order chi connectivity index (χ1) is 8.65. The number of carbonyl (C=O) groups excluding carboxylic acids is 1. The van der Waals surface area contributed by atoms with Crippen molar-refractivity contribution >= 4 is 17.3 Å². The van der Waals surface area contributed by atoms with Crippen LogP contribution in [0.5, 0.6) is 0 Å². The van der Waals surface area contributed by atoms with Gasteiger partial charge in [0.1, 0.15) is 0 Å². The molecule has 0 saturated heterocycles. The molecule has 1 aliphatic carbocycles. The summed E-state index contributed by atoms with van der Waals surface area (Å²) in [4.78, 5) is 11.5. The van der Waals surface area contributed by atoms with E-state index >= 15 is 0 Å². The van der Waals surface area contributed by atoms with Crippen LogP contribution in [-0.4, -0.2) is 18.5 Å². The van der Waals surface area contributed by atoms with Crippen LogP contribution < -0.4 is 16.4 Å². The Morgan fingerprint density at radius 3 is 2.94 bits per heavy atom. The van der Waals surface area contributed by atoms with Crippen molar-refractivity contribution in [3.8, 4) is 0 Å². The summed E-state index contributed by atoms with van der Waals surface area (Å²) in [6.07, 6.45) is 3.72. The first-order valence-electron chi connectivity index (χ1n) is 6.54. The third kappa shape index (κ3) is 3.95. The van der Waals surface area contributed by atoms with E-state index in [9.17, 15) is 4.79 Å². The van der Waals surface area contributed by atoms with Crippen LogP contribution in [0.25, 0.3) is 0 Å². The molecule has 98 valence electrons. The van der Waals surface area contributed by atoms with Crippen LogP contribution in [-0.2, 0) is 4.79 Å². The molecule has 0 heterocycles. The summed E-state index contributed by atoms with van der Waals surface area (Å²) in [5.74, 6) is 0.170. The summed E-state index contributed by atoms with van der Waals surface area (Å²) in [7, 11) is 0. The molecule has 1 saturated carbocycles. The van der Waals surface area contributed by atoms with E-state index in [0.29, 0.717) is 12.5 Å². The van der Waals surface area contributed by atoms with Crippen molar-refractivity contribution in [1.29, 1.82) is 0 Å². The second-order valence-corrected chi connectivity index (χ2v) is 4.95. The minimum Gasteiger partial charge on any atom is -0.399 e. The van der Waals surface area contributed by atoms with Gasteiger partial charge in [0.2, 0.25) is 5.91 Å². The lowest BCUT2D eigenvalue weighted by Gasteiger charge is -2.10. The van der Waals surface area contributed by atoms with Gasteiger partial charge in [-0.2, -0.15) is 0 Å². The van der Waals surface area contributed by atoms with E-state index < -0.39 is 0 Å². The fourth-order valence-electron chi connectivity index (χ4n) is 1.83. The predicted octanol–water partition coefficient (Wildman–Crippen LogP) is 2.05. The SMILES string of the molecule is Cc1ccc(N)cc1NCCCC(=O)NC1CC1. The highest BCUT2D eigenvalue weighted by molar-refractivity contribution is 5.76. The highest BCUT2D eigenvalue weighted by Gasteiger charge is 2.22. The molecule has 0 atom stereocenters.